The van der Waals surface area contributed by atoms with Crippen LogP contribution in [0, 0.1) is 0 Å². The highest BCUT2D eigenvalue weighted by Crippen LogP contribution is 2.48. The van der Waals surface area contributed by atoms with Gasteiger partial charge in [0.05, 0.1) is 10.9 Å². The molecule has 0 saturated carbocycles. The number of aromatic hydroxyl groups is 1. The molecule has 0 saturated heterocycles. The molecule has 1 aromatic heterocycles. The van der Waals surface area contributed by atoms with Gasteiger partial charge in [-0.15, -0.1) is 0 Å². The molecule has 4 rings (SSSR count). The SMILES string of the molecule is Oc1c[o+]c2c3c(cccc13)-c1ccccc1-2. The summed E-state index contributed by atoms with van der Waals surface area (Å²) in [4.78, 5) is 0. The molecule has 0 amide bonds. The Morgan fingerprint density at radius 1 is 0.824 bits per heavy atom. The lowest BCUT2D eigenvalue weighted by Gasteiger charge is -1.98. The van der Waals surface area contributed by atoms with E-state index in [2.05, 4.69) is 12.1 Å². The molecular formula is C15H9O2+. The first-order valence-electron chi connectivity index (χ1n) is 5.52. The zero-order chi connectivity index (χ0) is 11.4. The molecule has 1 heterocycles. The van der Waals surface area contributed by atoms with Gasteiger partial charge < -0.3 is 5.11 Å². The number of hydrogen-bond acceptors (Lipinski definition) is 1. The molecule has 1 aliphatic rings. The summed E-state index contributed by atoms with van der Waals surface area (Å²) >= 11 is 0. The average molecular weight is 221 g/mol. The van der Waals surface area contributed by atoms with Crippen LogP contribution in [0.4, 0.5) is 0 Å². The van der Waals surface area contributed by atoms with Gasteiger partial charge in [0.15, 0.2) is 0 Å². The summed E-state index contributed by atoms with van der Waals surface area (Å²) in [6, 6.07) is 14.1. The maximum atomic E-state index is 9.83. The van der Waals surface area contributed by atoms with Crippen molar-refractivity contribution in [2.24, 2.45) is 0 Å². The zero-order valence-electron chi connectivity index (χ0n) is 8.97. The predicted molar refractivity (Wildman–Crippen MR) is 66.7 cm³/mol. The Morgan fingerprint density at radius 2 is 1.59 bits per heavy atom. The molecular weight excluding hydrogens is 212 g/mol. The second-order valence-electron chi connectivity index (χ2n) is 4.22. The second kappa shape index (κ2) is 2.86. The lowest BCUT2D eigenvalue weighted by atomic mass is 10.0. The maximum Gasteiger partial charge on any atom is 0.369 e. The van der Waals surface area contributed by atoms with Gasteiger partial charge in [-0.3, -0.25) is 0 Å². The van der Waals surface area contributed by atoms with E-state index in [1.165, 1.54) is 11.8 Å². The first-order chi connectivity index (χ1) is 8.36. The number of rotatable bonds is 0. The Labute approximate surface area is 97.8 Å². The van der Waals surface area contributed by atoms with Crippen molar-refractivity contribution in [1.29, 1.82) is 0 Å². The summed E-state index contributed by atoms with van der Waals surface area (Å²) in [7, 11) is 0. The van der Waals surface area contributed by atoms with Crippen LogP contribution in [0.3, 0.4) is 0 Å². The lowest BCUT2D eigenvalue weighted by Crippen LogP contribution is -1.76. The minimum absolute atomic E-state index is 0.193. The van der Waals surface area contributed by atoms with E-state index < -0.39 is 0 Å². The van der Waals surface area contributed by atoms with Crippen molar-refractivity contribution >= 4 is 10.8 Å². The topological polar surface area (TPSA) is 31.5 Å². The van der Waals surface area contributed by atoms with Crippen molar-refractivity contribution < 1.29 is 9.52 Å². The van der Waals surface area contributed by atoms with E-state index >= 15 is 0 Å². The number of benzene rings is 2. The molecule has 2 aromatic carbocycles. The van der Waals surface area contributed by atoms with Crippen molar-refractivity contribution in [3.8, 4) is 28.2 Å². The van der Waals surface area contributed by atoms with Gasteiger partial charge in [-0.05, 0) is 17.7 Å². The Bertz CT molecular complexity index is 731. The Kier molecular flexibility index (Phi) is 1.47. The Balaban J connectivity index is 2.30. The highest BCUT2D eigenvalue weighted by molar-refractivity contribution is 6.14. The van der Waals surface area contributed by atoms with Crippen molar-refractivity contribution in [1.82, 2.24) is 0 Å². The van der Waals surface area contributed by atoms with Crippen LogP contribution in [-0.2, 0) is 0 Å². The quantitative estimate of drug-likeness (QED) is 0.454. The van der Waals surface area contributed by atoms with Gasteiger partial charge in [0.25, 0.3) is 0 Å². The van der Waals surface area contributed by atoms with Crippen LogP contribution in [0.25, 0.3) is 33.2 Å². The van der Waals surface area contributed by atoms with Crippen molar-refractivity contribution in [3.05, 3.63) is 48.7 Å². The third-order valence-electron chi connectivity index (χ3n) is 3.32. The minimum Gasteiger partial charge on any atom is -0.500 e. The average Bonchev–Trinajstić information content (AvgIpc) is 2.70. The summed E-state index contributed by atoms with van der Waals surface area (Å²) in [6.45, 7) is 0. The molecule has 17 heavy (non-hydrogen) atoms. The van der Waals surface area contributed by atoms with Gasteiger partial charge in [-0.25, -0.2) is 4.42 Å². The third kappa shape index (κ3) is 0.972. The maximum absolute atomic E-state index is 9.83. The highest BCUT2D eigenvalue weighted by Gasteiger charge is 2.31. The van der Waals surface area contributed by atoms with E-state index in [-0.39, 0.29) is 5.75 Å². The smallest absolute Gasteiger partial charge is 0.369 e. The van der Waals surface area contributed by atoms with Crippen molar-refractivity contribution in [2.75, 3.05) is 0 Å². The summed E-state index contributed by atoms with van der Waals surface area (Å²) in [6.07, 6.45) is 1.41. The number of fused-ring (bicyclic) bond motifs is 3. The van der Waals surface area contributed by atoms with E-state index in [0.29, 0.717) is 0 Å². The molecule has 0 unspecified atom stereocenters. The fraction of sp³-hybridized carbons (Fsp3) is 0. The van der Waals surface area contributed by atoms with Gasteiger partial charge >= 0.3 is 12.0 Å². The van der Waals surface area contributed by atoms with Gasteiger partial charge in [0.2, 0.25) is 5.75 Å². The van der Waals surface area contributed by atoms with Crippen LogP contribution in [0.15, 0.2) is 53.1 Å². The molecule has 1 N–H and O–H groups in total. The first kappa shape index (κ1) is 8.76. The molecule has 0 radical (unpaired) electrons. The van der Waals surface area contributed by atoms with E-state index in [1.54, 1.807) is 0 Å². The van der Waals surface area contributed by atoms with Gasteiger partial charge in [-0.2, -0.15) is 0 Å². The molecule has 2 nitrogen and oxygen atoms in total. The zero-order valence-corrected chi connectivity index (χ0v) is 8.97. The van der Waals surface area contributed by atoms with Crippen LogP contribution in [0.1, 0.15) is 0 Å². The van der Waals surface area contributed by atoms with Gasteiger partial charge in [0, 0.05) is 10.9 Å². The monoisotopic (exact) mass is 221 g/mol. The molecule has 3 aromatic rings. The Morgan fingerprint density at radius 3 is 2.47 bits per heavy atom. The summed E-state index contributed by atoms with van der Waals surface area (Å²) in [5, 5.41) is 11.7. The minimum atomic E-state index is 0.193. The first-order valence-corrected chi connectivity index (χ1v) is 5.52. The van der Waals surface area contributed by atoms with Gasteiger partial charge in [-0.1, -0.05) is 30.3 Å². The highest BCUT2D eigenvalue weighted by atomic mass is 16.3. The normalized spacial score (nSPS) is 11.8. The second-order valence-corrected chi connectivity index (χ2v) is 4.22. The molecule has 80 valence electrons. The van der Waals surface area contributed by atoms with Crippen LogP contribution < -0.4 is 0 Å². The molecule has 0 bridgehead atoms. The molecule has 0 atom stereocenters. The van der Waals surface area contributed by atoms with Crippen LogP contribution >= 0.6 is 0 Å². The summed E-state index contributed by atoms with van der Waals surface area (Å²) < 4.78 is 5.55. The van der Waals surface area contributed by atoms with Crippen LogP contribution in [0.2, 0.25) is 0 Å². The van der Waals surface area contributed by atoms with Gasteiger partial charge in [0.1, 0.15) is 0 Å². The largest absolute Gasteiger partial charge is 0.500 e. The lowest BCUT2D eigenvalue weighted by molar-refractivity contribution is 0.447. The number of hydrogen-bond donors (Lipinski definition) is 1. The molecule has 0 fully saturated rings. The molecule has 0 aliphatic heterocycles. The van der Waals surface area contributed by atoms with Crippen molar-refractivity contribution in [3.63, 3.8) is 0 Å². The van der Waals surface area contributed by atoms with Crippen molar-refractivity contribution in [2.45, 2.75) is 0 Å². The van der Waals surface area contributed by atoms with E-state index in [1.807, 2.05) is 30.3 Å². The van der Waals surface area contributed by atoms with E-state index in [4.69, 9.17) is 4.42 Å². The van der Waals surface area contributed by atoms with E-state index in [9.17, 15) is 5.11 Å². The third-order valence-corrected chi connectivity index (χ3v) is 3.32. The predicted octanol–water partition coefficient (Wildman–Crippen LogP) is 4.07. The Hall–Kier alpha value is -2.35. The van der Waals surface area contributed by atoms with E-state index in [0.717, 1.165) is 27.7 Å². The van der Waals surface area contributed by atoms with Crippen LogP contribution in [0.5, 0.6) is 5.75 Å². The fourth-order valence-corrected chi connectivity index (χ4v) is 2.59. The summed E-state index contributed by atoms with van der Waals surface area (Å²) in [5.74, 6) is 1.04. The standard InChI is InChI=1S/C15H8O2/c16-13-8-17-15-11-5-2-1-4-9(11)10-6-3-7-12(13)14(10)15/h1-8H/p+1. The molecule has 1 aliphatic carbocycles. The van der Waals surface area contributed by atoms with Crippen LogP contribution in [-0.4, -0.2) is 5.11 Å². The summed E-state index contributed by atoms with van der Waals surface area (Å²) in [5.41, 5.74) is 3.40. The fourth-order valence-electron chi connectivity index (χ4n) is 2.59. The molecule has 0 spiro atoms. The molecule has 2 heteroatoms.